The van der Waals surface area contributed by atoms with Crippen LogP contribution in [0.3, 0.4) is 0 Å². The van der Waals surface area contributed by atoms with Gasteiger partial charge in [-0.1, -0.05) is 11.6 Å². The smallest absolute Gasteiger partial charge is 0.410 e. The van der Waals surface area contributed by atoms with E-state index in [1.54, 1.807) is 6.20 Å². The molecule has 2 fully saturated rings. The summed E-state index contributed by atoms with van der Waals surface area (Å²) < 4.78 is 7.60. The Morgan fingerprint density at radius 2 is 1.91 bits per heavy atom. The fourth-order valence-electron chi connectivity index (χ4n) is 5.22. The van der Waals surface area contributed by atoms with E-state index in [2.05, 4.69) is 5.10 Å². The maximum atomic E-state index is 13.6. The molecule has 0 spiro atoms. The third-order valence-electron chi connectivity index (χ3n) is 6.94. The van der Waals surface area contributed by atoms with E-state index in [-0.39, 0.29) is 18.0 Å². The van der Waals surface area contributed by atoms with E-state index < -0.39 is 5.60 Å². The van der Waals surface area contributed by atoms with Gasteiger partial charge in [-0.05, 0) is 88.6 Å². The molecule has 5 rings (SSSR count). The van der Waals surface area contributed by atoms with Crippen molar-refractivity contribution in [2.24, 2.45) is 0 Å². The third kappa shape index (κ3) is 4.42. The molecule has 182 valence electrons. The van der Waals surface area contributed by atoms with Gasteiger partial charge in [0.05, 0.1) is 18.3 Å². The van der Waals surface area contributed by atoms with Crippen molar-refractivity contribution in [3.63, 3.8) is 0 Å². The predicted molar refractivity (Wildman–Crippen MR) is 130 cm³/mol. The summed E-state index contributed by atoms with van der Waals surface area (Å²) in [5.41, 5.74) is 4.39. The van der Waals surface area contributed by atoms with E-state index in [1.807, 2.05) is 54.3 Å². The van der Waals surface area contributed by atoms with Crippen LogP contribution in [-0.4, -0.2) is 50.3 Å². The molecule has 0 N–H and O–H groups in total. The number of hydrogen-bond acceptors (Lipinski definition) is 4. The molecule has 1 aromatic carbocycles. The molecule has 1 saturated heterocycles. The first-order valence-electron chi connectivity index (χ1n) is 12.3. The second kappa shape index (κ2) is 8.59. The van der Waals surface area contributed by atoms with Crippen LogP contribution in [0.5, 0.6) is 0 Å². The number of fused-ring (bicyclic) bond motifs is 1. The number of hydrogen-bond donors (Lipinski definition) is 0. The van der Waals surface area contributed by atoms with Crippen molar-refractivity contribution in [3.8, 4) is 0 Å². The topological polar surface area (TPSA) is 67.7 Å². The first-order valence-corrected chi connectivity index (χ1v) is 12.6. The zero-order chi connectivity index (χ0) is 24.2. The molecule has 2 amide bonds. The van der Waals surface area contributed by atoms with Crippen molar-refractivity contribution in [3.05, 3.63) is 51.3 Å². The first-order chi connectivity index (χ1) is 16.1. The van der Waals surface area contributed by atoms with Gasteiger partial charge in [-0.15, -0.1) is 0 Å². The molecular formula is C26H33ClN4O3. The number of aryl methyl sites for hydroxylation is 1. The average Bonchev–Trinajstić information content (AvgIpc) is 3.35. The van der Waals surface area contributed by atoms with Crippen molar-refractivity contribution in [2.75, 3.05) is 13.1 Å². The number of ether oxygens (including phenoxy) is 1. The monoisotopic (exact) mass is 484 g/mol. The summed E-state index contributed by atoms with van der Waals surface area (Å²) in [7, 11) is 0. The predicted octanol–water partition coefficient (Wildman–Crippen LogP) is 5.45. The zero-order valence-electron chi connectivity index (χ0n) is 20.4. The van der Waals surface area contributed by atoms with Crippen LogP contribution in [0.4, 0.5) is 4.79 Å². The molecule has 2 aromatic rings. The van der Waals surface area contributed by atoms with Crippen LogP contribution in [0.2, 0.25) is 5.02 Å². The molecule has 0 bridgehead atoms. The molecule has 0 unspecified atom stereocenters. The summed E-state index contributed by atoms with van der Waals surface area (Å²) in [6, 6.07) is 4.23. The third-order valence-corrected chi connectivity index (χ3v) is 7.16. The summed E-state index contributed by atoms with van der Waals surface area (Å²) in [6.07, 6.45) is 6.16. The fourth-order valence-corrected chi connectivity index (χ4v) is 5.47. The van der Waals surface area contributed by atoms with E-state index in [1.165, 1.54) is 0 Å². The summed E-state index contributed by atoms with van der Waals surface area (Å²) in [6.45, 7) is 9.41. The molecule has 1 aromatic heterocycles. The highest BCUT2D eigenvalue weighted by Crippen LogP contribution is 2.40. The lowest BCUT2D eigenvalue weighted by molar-refractivity contribution is 0.0222. The molecule has 1 aliphatic carbocycles. The van der Waals surface area contributed by atoms with Crippen LogP contribution in [0.15, 0.2) is 18.3 Å². The molecule has 7 nitrogen and oxygen atoms in total. The van der Waals surface area contributed by atoms with E-state index in [4.69, 9.17) is 16.3 Å². The van der Waals surface area contributed by atoms with Gasteiger partial charge in [-0.2, -0.15) is 5.10 Å². The molecule has 2 aliphatic heterocycles. The van der Waals surface area contributed by atoms with Crippen LogP contribution >= 0.6 is 11.6 Å². The van der Waals surface area contributed by atoms with Crippen molar-refractivity contribution in [2.45, 2.75) is 84.0 Å². The summed E-state index contributed by atoms with van der Waals surface area (Å²) in [5.74, 6) is 0.0314. The molecule has 3 heterocycles. The SMILES string of the molecule is Cc1cnn(C2CC2)c1C(=O)N1CCc2cc(Cl)cc([C@@H]3CCCN3C(=O)OC(C)(C)C)c2C1. The Bertz CT molecular complexity index is 1130. The van der Waals surface area contributed by atoms with Gasteiger partial charge < -0.3 is 14.5 Å². The first kappa shape index (κ1) is 23.2. The van der Waals surface area contributed by atoms with Crippen molar-refractivity contribution in [1.29, 1.82) is 0 Å². The van der Waals surface area contributed by atoms with Gasteiger partial charge in [0.1, 0.15) is 11.3 Å². The van der Waals surface area contributed by atoms with Gasteiger partial charge in [0.2, 0.25) is 0 Å². The standard InChI is InChI=1S/C26H33ClN4O3/c1-16-14-28-31(19-7-8-19)23(16)24(32)29-11-9-17-12-18(27)13-20(21(17)15-29)22-6-5-10-30(22)25(33)34-26(2,3)4/h12-14,19,22H,5-11,15H2,1-4H3/t22-/m0/s1. The number of amides is 2. The lowest BCUT2D eigenvalue weighted by Gasteiger charge is -2.34. The minimum Gasteiger partial charge on any atom is -0.444 e. The Labute approximate surface area is 206 Å². The van der Waals surface area contributed by atoms with Crippen LogP contribution in [0.1, 0.15) is 91.3 Å². The lowest BCUT2D eigenvalue weighted by Crippen LogP contribution is -2.39. The maximum absolute atomic E-state index is 13.6. The summed E-state index contributed by atoms with van der Waals surface area (Å²) >= 11 is 6.53. The van der Waals surface area contributed by atoms with Gasteiger partial charge >= 0.3 is 6.09 Å². The fraction of sp³-hybridized carbons (Fsp3) is 0.577. The Morgan fingerprint density at radius 1 is 1.15 bits per heavy atom. The Kier molecular flexibility index (Phi) is 5.87. The number of likely N-dealkylation sites (tertiary alicyclic amines) is 1. The number of benzene rings is 1. The van der Waals surface area contributed by atoms with E-state index >= 15 is 0 Å². The molecule has 0 radical (unpaired) electrons. The van der Waals surface area contributed by atoms with Gasteiger partial charge in [0, 0.05) is 30.2 Å². The maximum Gasteiger partial charge on any atom is 0.410 e. The Balaban J connectivity index is 1.45. The van der Waals surface area contributed by atoms with Crippen LogP contribution in [0.25, 0.3) is 0 Å². The molecule has 34 heavy (non-hydrogen) atoms. The van der Waals surface area contributed by atoms with E-state index in [0.29, 0.717) is 36.4 Å². The molecular weight excluding hydrogens is 452 g/mol. The van der Waals surface area contributed by atoms with Crippen LogP contribution < -0.4 is 0 Å². The molecule has 8 heteroatoms. The highest BCUT2D eigenvalue weighted by atomic mass is 35.5. The highest BCUT2D eigenvalue weighted by Gasteiger charge is 2.37. The second-order valence-electron chi connectivity index (χ2n) is 10.8. The second-order valence-corrected chi connectivity index (χ2v) is 11.2. The minimum atomic E-state index is -0.552. The molecule has 1 atom stereocenters. The van der Waals surface area contributed by atoms with Gasteiger partial charge in [-0.3, -0.25) is 9.48 Å². The van der Waals surface area contributed by atoms with Gasteiger partial charge in [0.25, 0.3) is 5.91 Å². The lowest BCUT2D eigenvalue weighted by atomic mass is 9.90. The molecule has 1 saturated carbocycles. The van der Waals surface area contributed by atoms with Crippen molar-refractivity contribution < 1.29 is 14.3 Å². The van der Waals surface area contributed by atoms with Gasteiger partial charge in [-0.25, -0.2) is 4.79 Å². The van der Waals surface area contributed by atoms with Gasteiger partial charge in [0.15, 0.2) is 0 Å². The number of rotatable bonds is 3. The molecule has 3 aliphatic rings. The summed E-state index contributed by atoms with van der Waals surface area (Å²) in [4.78, 5) is 30.3. The number of aromatic nitrogens is 2. The van der Waals surface area contributed by atoms with Crippen molar-refractivity contribution >= 4 is 23.6 Å². The number of carbonyl (C=O) groups excluding carboxylic acids is 2. The van der Waals surface area contributed by atoms with Crippen LogP contribution in [0, 0.1) is 6.92 Å². The Hall–Kier alpha value is -2.54. The number of nitrogens with zero attached hydrogens (tertiary/aromatic N) is 4. The number of carbonyl (C=O) groups is 2. The van der Waals surface area contributed by atoms with Crippen molar-refractivity contribution in [1.82, 2.24) is 19.6 Å². The highest BCUT2D eigenvalue weighted by molar-refractivity contribution is 6.30. The largest absolute Gasteiger partial charge is 0.444 e. The van der Waals surface area contributed by atoms with E-state index in [0.717, 1.165) is 54.4 Å². The quantitative estimate of drug-likeness (QED) is 0.581. The normalized spacial score (nSPS) is 20.4. The Morgan fingerprint density at radius 3 is 2.62 bits per heavy atom. The summed E-state index contributed by atoms with van der Waals surface area (Å²) in [5, 5.41) is 5.16. The van der Waals surface area contributed by atoms with Crippen LogP contribution in [-0.2, 0) is 17.7 Å². The van der Waals surface area contributed by atoms with E-state index in [9.17, 15) is 9.59 Å². The zero-order valence-corrected chi connectivity index (χ0v) is 21.2. The minimum absolute atomic E-state index is 0.0314. The number of halogens is 1. The average molecular weight is 485 g/mol.